The number of rotatable bonds is 4. The van der Waals surface area contributed by atoms with Crippen molar-refractivity contribution in [1.82, 2.24) is 0 Å². The molecule has 31 heavy (non-hydrogen) atoms. The molecular weight excluding hydrogens is 380 g/mol. The number of aromatic hydroxyl groups is 2. The topological polar surface area (TPSA) is 40.5 Å². The van der Waals surface area contributed by atoms with Crippen molar-refractivity contribution in [3.8, 4) is 22.6 Å². The van der Waals surface area contributed by atoms with Crippen LogP contribution in [-0.2, 0) is 18.3 Å². The maximum Gasteiger partial charge on any atom is 0.118 e. The fraction of sp³-hybridized carbons (Fsp3) is 0.172. The lowest BCUT2D eigenvalue weighted by Gasteiger charge is -2.33. The van der Waals surface area contributed by atoms with Crippen molar-refractivity contribution in [1.29, 1.82) is 0 Å². The van der Waals surface area contributed by atoms with E-state index in [0.29, 0.717) is 11.5 Å². The summed E-state index contributed by atoms with van der Waals surface area (Å²) in [5, 5.41) is 20.1. The van der Waals surface area contributed by atoms with Crippen molar-refractivity contribution < 1.29 is 10.2 Å². The van der Waals surface area contributed by atoms with E-state index in [0.717, 1.165) is 24.0 Å². The van der Waals surface area contributed by atoms with Gasteiger partial charge < -0.3 is 10.2 Å². The van der Waals surface area contributed by atoms with Crippen molar-refractivity contribution in [2.75, 3.05) is 0 Å². The van der Waals surface area contributed by atoms with Gasteiger partial charge in [0.1, 0.15) is 11.5 Å². The van der Waals surface area contributed by atoms with Gasteiger partial charge in [0.05, 0.1) is 0 Å². The SMILES string of the molecule is Cc1cc(CC2(Cc3ccc(O)c(C)c3)c3ccccc3-c3ccccc32)ccc1O. The third kappa shape index (κ3) is 3.19. The molecule has 0 atom stereocenters. The van der Waals surface area contributed by atoms with Gasteiger partial charge in [0.2, 0.25) is 0 Å². The summed E-state index contributed by atoms with van der Waals surface area (Å²) in [6.45, 7) is 3.90. The number of hydrogen-bond donors (Lipinski definition) is 2. The van der Waals surface area contributed by atoms with E-state index < -0.39 is 0 Å². The third-order valence-corrected chi connectivity index (χ3v) is 6.71. The summed E-state index contributed by atoms with van der Waals surface area (Å²) in [4.78, 5) is 0. The zero-order chi connectivity index (χ0) is 21.6. The Labute approximate surface area is 183 Å². The van der Waals surface area contributed by atoms with Gasteiger partial charge in [0.15, 0.2) is 0 Å². The second kappa shape index (κ2) is 7.31. The second-order valence-corrected chi connectivity index (χ2v) is 8.77. The predicted octanol–water partition coefficient (Wildman–Crippen LogP) is 6.47. The van der Waals surface area contributed by atoms with Gasteiger partial charge >= 0.3 is 0 Å². The van der Waals surface area contributed by atoms with Gasteiger partial charge in [-0.25, -0.2) is 0 Å². The summed E-state index contributed by atoms with van der Waals surface area (Å²) in [7, 11) is 0. The Morgan fingerprint density at radius 1 is 0.581 bits per heavy atom. The molecular formula is C29H26O2. The first-order valence-electron chi connectivity index (χ1n) is 10.7. The summed E-state index contributed by atoms with van der Waals surface area (Å²) in [5.41, 5.74) is 9.25. The number of benzene rings is 4. The van der Waals surface area contributed by atoms with Crippen molar-refractivity contribution >= 4 is 0 Å². The van der Waals surface area contributed by atoms with E-state index in [1.54, 1.807) is 12.1 Å². The van der Waals surface area contributed by atoms with Crippen LogP contribution in [0.5, 0.6) is 11.5 Å². The highest BCUT2D eigenvalue weighted by Crippen LogP contribution is 2.52. The molecule has 0 spiro atoms. The summed E-state index contributed by atoms with van der Waals surface area (Å²) >= 11 is 0. The highest BCUT2D eigenvalue weighted by Gasteiger charge is 2.43. The summed E-state index contributed by atoms with van der Waals surface area (Å²) in [5.74, 6) is 0.665. The van der Waals surface area contributed by atoms with Crippen molar-refractivity contribution in [3.63, 3.8) is 0 Å². The highest BCUT2D eigenvalue weighted by atomic mass is 16.3. The van der Waals surface area contributed by atoms with Crippen LogP contribution in [0.25, 0.3) is 11.1 Å². The van der Waals surface area contributed by atoms with E-state index in [1.165, 1.54) is 33.4 Å². The minimum atomic E-state index is -0.222. The standard InChI is InChI=1S/C29H26O2/c1-19-15-21(11-13-27(19)30)17-29(18-22-12-14-28(31)20(2)16-22)25-9-5-3-7-23(25)24-8-4-6-10-26(24)29/h3-16,30-31H,17-18H2,1-2H3. The van der Waals surface area contributed by atoms with Gasteiger partial charge in [-0.2, -0.15) is 0 Å². The van der Waals surface area contributed by atoms with Gasteiger partial charge in [-0.1, -0.05) is 72.8 Å². The van der Waals surface area contributed by atoms with Crippen LogP contribution in [0.2, 0.25) is 0 Å². The molecule has 1 aliphatic carbocycles. The lowest BCUT2D eigenvalue weighted by Crippen LogP contribution is -2.31. The quantitative estimate of drug-likeness (QED) is 0.408. The first-order chi connectivity index (χ1) is 15.0. The van der Waals surface area contributed by atoms with Crippen LogP contribution in [0.3, 0.4) is 0 Å². The molecule has 154 valence electrons. The molecule has 4 aromatic carbocycles. The maximum atomic E-state index is 10.1. The van der Waals surface area contributed by atoms with Gasteiger partial charge in [-0.05, 0) is 83.3 Å². The number of aryl methyl sites for hydroxylation is 2. The Hall–Kier alpha value is -3.52. The Balaban J connectivity index is 1.73. The van der Waals surface area contributed by atoms with Gasteiger partial charge in [0.25, 0.3) is 0 Å². The molecule has 0 heterocycles. The molecule has 0 saturated heterocycles. The molecule has 2 nitrogen and oxygen atoms in total. The minimum absolute atomic E-state index is 0.222. The van der Waals surface area contributed by atoms with Crippen LogP contribution in [0, 0.1) is 13.8 Å². The van der Waals surface area contributed by atoms with E-state index in [1.807, 2.05) is 26.0 Å². The lowest BCUT2D eigenvalue weighted by atomic mass is 9.69. The lowest BCUT2D eigenvalue weighted by molar-refractivity contribution is 0.469. The first-order valence-corrected chi connectivity index (χ1v) is 10.7. The van der Waals surface area contributed by atoms with Crippen LogP contribution in [-0.4, -0.2) is 10.2 Å². The Morgan fingerprint density at radius 2 is 1.00 bits per heavy atom. The smallest absolute Gasteiger partial charge is 0.118 e. The van der Waals surface area contributed by atoms with E-state index in [-0.39, 0.29) is 5.41 Å². The second-order valence-electron chi connectivity index (χ2n) is 8.77. The summed E-state index contributed by atoms with van der Waals surface area (Å²) in [6, 6.07) is 29.3. The van der Waals surface area contributed by atoms with E-state index in [4.69, 9.17) is 0 Å². The van der Waals surface area contributed by atoms with E-state index in [9.17, 15) is 10.2 Å². The molecule has 0 amide bonds. The van der Waals surface area contributed by atoms with Crippen LogP contribution >= 0.6 is 0 Å². The molecule has 5 rings (SSSR count). The number of phenols is 2. The molecule has 0 unspecified atom stereocenters. The molecule has 4 aromatic rings. The van der Waals surface area contributed by atoms with Crippen LogP contribution in [0.1, 0.15) is 33.4 Å². The van der Waals surface area contributed by atoms with Gasteiger partial charge in [0, 0.05) is 5.41 Å². The summed E-state index contributed by atoms with van der Waals surface area (Å²) in [6.07, 6.45) is 1.67. The van der Waals surface area contributed by atoms with Gasteiger partial charge in [-0.3, -0.25) is 0 Å². The van der Waals surface area contributed by atoms with Gasteiger partial charge in [-0.15, -0.1) is 0 Å². The third-order valence-electron chi connectivity index (χ3n) is 6.71. The Kier molecular flexibility index (Phi) is 4.59. The molecule has 0 saturated carbocycles. The van der Waals surface area contributed by atoms with Crippen LogP contribution in [0.4, 0.5) is 0 Å². The Bertz CT molecular complexity index is 1180. The normalized spacial score (nSPS) is 13.6. The molecule has 2 N–H and O–H groups in total. The largest absolute Gasteiger partial charge is 0.508 e. The zero-order valence-electron chi connectivity index (χ0n) is 17.9. The molecule has 0 radical (unpaired) electrons. The zero-order valence-corrected chi connectivity index (χ0v) is 17.9. The fourth-order valence-electron chi connectivity index (χ4n) is 5.21. The number of hydrogen-bond acceptors (Lipinski definition) is 2. The van der Waals surface area contributed by atoms with Crippen molar-refractivity contribution in [2.45, 2.75) is 32.1 Å². The molecule has 2 heteroatoms. The molecule has 0 bridgehead atoms. The maximum absolute atomic E-state index is 10.1. The number of phenolic OH excluding ortho intramolecular Hbond substituents is 2. The van der Waals surface area contributed by atoms with Crippen LogP contribution in [0.15, 0.2) is 84.9 Å². The van der Waals surface area contributed by atoms with Crippen LogP contribution < -0.4 is 0 Å². The average Bonchev–Trinajstić information content (AvgIpc) is 3.04. The molecule has 1 aliphatic rings. The first kappa shape index (κ1) is 19.4. The minimum Gasteiger partial charge on any atom is -0.508 e. The monoisotopic (exact) mass is 406 g/mol. The summed E-state index contributed by atoms with van der Waals surface area (Å²) < 4.78 is 0. The predicted molar refractivity (Wildman–Crippen MR) is 126 cm³/mol. The highest BCUT2D eigenvalue weighted by molar-refractivity contribution is 5.81. The molecule has 0 aromatic heterocycles. The van der Waals surface area contributed by atoms with E-state index in [2.05, 4.69) is 60.7 Å². The number of fused-ring (bicyclic) bond motifs is 3. The average molecular weight is 407 g/mol. The van der Waals surface area contributed by atoms with E-state index >= 15 is 0 Å². The fourth-order valence-corrected chi connectivity index (χ4v) is 5.21. The molecule has 0 fully saturated rings. The van der Waals surface area contributed by atoms with Crippen molar-refractivity contribution in [2.24, 2.45) is 0 Å². The van der Waals surface area contributed by atoms with Crippen molar-refractivity contribution in [3.05, 3.63) is 118 Å². The molecule has 0 aliphatic heterocycles. The Morgan fingerprint density at radius 3 is 1.42 bits per heavy atom.